The first-order valence-electron chi connectivity index (χ1n) is 9.10. The van der Waals surface area contributed by atoms with Gasteiger partial charge in [0.25, 0.3) is 0 Å². The Bertz CT molecular complexity index is 663. The highest BCUT2D eigenvalue weighted by atomic mass is 35.5. The lowest BCUT2D eigenvalue weighted by molar-refractivity contribution is -0.134. The third-order valence-corrected chi connectivity index (χ3v) is 4.70. The molecule has 1 unspecified atom stereocenters. The Kier molecular flexibility index (Phi) is 11.0. The second-order valence-electron chi connectivity index (χ2n) is 6.99. The van der Waals surface area contributed by atoms with E-state index >= 15 is 0 Å². The lowest BCUT2D eigenvalue weighted by Crippen LogP contribution is -2.37. The number of rotatable bonds is 7. The molecule has 2 N–H and O–H groups in total. The predicted octanol–water partition coefficient (Wildman–Crippen LogP) is 4.59. The van der Waals surface area contributed by atoms with Crippen molar-refractivity contribution in [3.63, 3.8) is 0 Å². The fourth-order valence-corrected chi connectivity index (χ4v) is 3.02. The van der Waals surface area contributed by atoms with Crippen LogP contribution in [-0.4, -0.2) is 48.5 Å². The van der Waals surface area contributed by atoms with Gasteiger partial charge >= 0.3 is 11.9 Å². The van der Waals surface area contributed by atoms with Gasteiger partial charge in [-0.3, -0.25) is 0 Å². The highest BCUT2D eigenvalue weighted by Gasteiger charge is 2.20. The van der Waals surface area contributed by atoms with E-state index in [0.717, 1.165) is 32.0 Å². The number of halogens is 2. The lowest BCUT2D eigenvalue weighted by Gasteiger charge is -2.34. The fraction of sp³-hybridized carbons (Fsp3) is 0.500. The van der Waals surface area contributed by atoms with Gasteiger partial charge < -0.3 is 19.8 Å². The smallest absolute Gasteiger partial charge is 0.328 e. The van der Waals surface area contributed by atoms with Crippen molar-refractivity contribution in [2.45, 2.75) is 26.7 Å². The van der Waals surface area contributed by atoms with Crippen molar-refractivity contribution in [1.29, 1.82) is 0 Å². The van der Waals surface area contributed by atoms with Crippen LogP contribution < -0.4 is 4.90 Å². The molecule has 0 saturated carbocycles. The van der Waals surface area contributed by atoms with Crippen LogP contribution in [0.2, 0.25) is 10.0 Å². The molecule has 1 fully saturated rings. The van der Waals surface area contributed by atoms with Crippen LogP contribution in [0.5, 0.6) is 0 Å². The van der Waals surface area contributed by atoms with Crippen molar-refractivity contribution < 1.29 is 24.5 Å². The molecule has 28 heavy (non-hydrogen) atoms. The number of benzene rings is 1. The summed E-state index contributed by atoms with van der Waals surface area (Å²) in [5.74, 6) is -1.30. The zero-order valence-corrected chi connectivity index (χ0v) is 17.6. The van der Waals surface area contributed by atoms with Crippen LogP contribution in [0, 0.1) is 11.8 Å². The van der Waals surface area contributed by atoms with Crippen molar-refractivity contribution in [3.05, 3.63) is 40.4 Å². The second kappa shape index (κ2) is 12.6. The summed E-state index contributed by atoms with van der Waals surface area (Å²) in [6.07, 6.45) is 3.57. The van der Waals surface area contributed by atoms with Gasteiger partial charge in [0.15, 0.2) is 0 Å². The van der Waals surface area contributed by atoms with Crippen LogP contribution in [0.3, 0.4) is 0 Å². The summed E-state index contributed by atoms with van der Waals surface area (Å²) in [5, 5.41) is 16.9. The van der Waals surface area contributed by atoms with E-state index in [1.165, 1.54) is 12.8 Å². The molecule has 1 aromatic carbocycles. The topological polar surface area (TPSA) is 87.1 Å². The number of hydrogen-bond donors (Lipinski definition) is 2. The zero-order valence-electron chi connectivity index (χ0n) is 16.1. The van der Waals surface area contributed by atoms with Crippen molar-refractivity contribution in [1.82, 2.24) is 0 Å². The normalized spacial score (nSPS) is 16.8. The SMILES string of the molecule is CC(C)COCC1CCCN(c2ccc(Cl)c(Cl)c2)C1.O=C(O)/C=C/C(=O)O. The molecule has 0 spiro atoms. The standard InChI is InChI=1S/C16H23Cl2NO.C4H4O4/c1-12(2)10-20-11-13-4-3-7-19(9-13)14-5-6-15(17)16(18)8-14;5-3(6)1-2-4(7)8/h5-6,8,12-13H,3-4,7,9-11H2,1-2H3;1-2H,(H,5,6)(H,7,8)/b;2-1+. The van der Waals surface area contributed by atoms with Crippen LogP contribution >= 0.6 is 23.2 Å². The quantitative estimate of drug-likeness (QED) is 0.613. The summed E-state index contributed by atoms with van der Waals surface area (Å²) >= 11 is 12.1. The molecule has 1 aliphatic heterocycles. The highest BCUT2D eigenvalue weighted by Crippen LogP contribution is 2.29. The van der Waals surface area contributed by atoms with Gasteiger partial charge in [0.2, 0.25) is 0 Å². The average Bonchev–Trinajstić information content (AvgIpc) is 2.63. The van der Waals surface area contributed by atoms with Gasteiger partial charge in [0.05, 0.1) is 16.7 Å². The molecular weight excluding hydrogens is 405 g/mol. The minimum atomic E-state index is -1.26. The Labute approximate surface area is 175 Å². The van der Waals surface area contributed by atoms with Crippen LogP contribution in [0.25, 0.3) is 0 Å². The summed E-state index contributed by atoms with van der Waals surface area (Å²) in [5.41, 5.74) is 1.16. The van der Waals surface area contributed by atoms with E-state index in [4.69, 9.17) is 38.2 Å². The van der Waals surface area contributed by atoms with E-state index in [9.17, 15) is 9.59 Å². The third kappa shape index (κ3) is 9.97. The third-order valence-electron chi connectivity index (χ3n) is 3.96. The summed E-state index contributed by atoms with van der Waals surface area (Å²) in [6.45, 7) is 8.19. The highest BCUT2D eigenvalue weighted by molar-refractivity contribution is 6.42. The molecule has 1 saturated heterocycles. The first-order chi connectivity index (χ1) is 13.2. The summed E-state index contributed by atoms with van der Waals surface area (Å²) < 4.78 is 5.79. The molecule has 6 nitrogen and oxygen atoms in total. The Balaban J connectivity index is 0.000000416. The van der Waals surface area contributed by atoms with Gasteiger partial charge in [0, 0.05) is 37.5 Å². The minimum absolute atomic E-state index is 0.558. The molecule has 0 bridgehead atoms. The molecule has 0 amide bonds. The number of carboxylic acid groups (broad SMARTS) is 2. The Morgan fingerprint density at radius 3 is 2.39 bits per heavy atom. The number of carbonyl (C=O) groups is 2. The molecule has 2 rings (SSSR count). The van der Waals surface area contributed by atoms with Crippen LogP contribution in [0.15, 0.2) is 30.4 Å². The predicted molar refractivity (Wildman–Crippen MR) is 111 cm³/mol. The monoisotopic (exact) mass is 431 g/mol. The van der Waals surface area contributed by atoms with Gasteiger partial charge in [-0.1, -0.05) is 37.0 Å². The average molecular weight is 432 g/mol. The number of ether oxygens (including phenoxy) is 1. The van der Waals surface area contributed by atoms with Crippen molar-refractivity contribution in [2.24, 2.45) is 11.8 Å². The Hall–Kier alpha value is -1.76. The first-order valence-corrected chi connectivity index (χ1v) is 9.86. The van der Waals surface area contributed by atoms with Crippen LogP contribution in [0.4, 0.5) is 5.69 Å². The van der Waals surface area contributed by atoms with Crippen LogP contribution in [-0.2, 0) is 14.3 Å². The summed E-state index contributed by atoms with van der Waals surface area (Å²) in [4.78, 5) is 21.5. The van der Waals surface area contributed by atoms with Crippen LogP contribution in [0.1, 0.15) is 26.7 Å². The molecule has 1 aliphatic rings. The van der Waals surface area contributed by atoms with Crippen molar-refractivity contribution in [2.75, 3.05) is 31.2 Å². The summed E-state index contributed by atoms with van der Waals surface area (Å²) in [7, 11) is 0. The lowest BCUT2D eigenvalue weighted by atomic mass is 9.98. The van der Waals surface area contributed by atoms with Gasteiger partial charge in [-0.25, -0.2) is 9.59 Å². The zero-order chi connectivity index (χ0) is 21.1. The number of carboxylic acids is 2. The Morgan fingerprint density at radius 2 is 1.86 bits per heavy atom. The van der Waals surface area contributed by atoms with E-state index in [1.807, 2.05) is 18.2 Å². The number of hydrogen-bond acceptors (Lipinski definition) is 4. The maximum absolute atomic E-state index is 9.55. The maximum atomic E-state index is 9.55. The number of anilines is 1. The van der Waals surface area contributed by atoms with E-state index in [-0.39, 0.29) is 0 Å². The molecule has 1 aromatic rings. The van der Waals surface area contributed by atoms with Gasteiger partial charge in [0.1, 0.15) is 0 Å². The van der Waals surface area contributed by atoms with Gasteiger partial charge in [-0.2, -0.15) is 0 Å². The fourth-order valence-electron chi connectivity index (χ4n) is 2.73. The first kappa shape index (κ1) is 24.3. The van der Waals surface area contributed by atoms with Crippen molar-refractivity contribution >= 4 is 40.8 Å². The number of nitrogens with zero attached hydrogens (tertiary/aromatic N) is 1. The van der Waals surface area contributed by atoms with Gasteiger partial charge in [-0.15, -0.1) is 0 Å². The van der Waals surface area contributed by atoms with E-state index < -0.39 is 11.9 Å². The molecule has 0 aliphatic carbocycles. The van der Waals surface area contributed by atoms with Crippen molar-refractivity contribution in [3.8, 4) is 0 Å². The molecule has 1 atom stereocenters. The minimum Gasteiger partial charge on any atom is -0.478 e. The van der Waals surface area contributed by atoms with E-state index in [1.54, 1.807) is 0 Å². The molecule has 156 valence electrons. The Morgan fingerprint density at radius 1 is 1.21 bits per heavy atom. The number of aliphatic carboxylic acids is 2. The second-order valence-corrected chi connectivity index (χ2v) is 7.81. The van der Waals surface area contributed by atoms with E-state index in [2.05, 4.69) is 18.7 Å². The molecule has 1 heterocycles. The van der Waals surface area contributed by atoms with E-state index in [0.29, 0.717) is 34.0 Å². The molecule has 8 heteroatoms. The largest absolute Gasteiger partial charge is 0.478 e. The number of piperidine rings is 1. The molecular formula is C20H27Cl2NO5. The maximum Gasteiger partial charge on any atom is 0.328 e. The molecule has 0 radical (unpaired) electrons. The summed E-state index contributed by atoms with van der Waals surface area (Å²) in [6, 6.07) is 5.88. The van der Waals surface area contributed by atoms with Gasteiger partial charge in [-0.05, 0) is 42.9 Å². The molecule has 0 aromatic heterocycles.